The smallest absolute Gasteiger partial charge is 0.0555 e. The Balaban J connectivity index is 2.72. The molecule has 3 heteroatoms. The van der Waals surface area contributed by atoms with Gasteiger partial charge in [0.2, 0.25) is 0 Å². The fourth-order valence-electron chi connectivity index (χ4n) is 1.08. The highest BCUT2D eigenvalue weighted by atomic mass is 32.1. The summed E-state index contributed by atoms with van der Waals surface area (Å²) in [6, 6.07) is 2.06. The van der Waals surface area contributed by atoms with Gasteiger partial charge in [-0.3, -0.25) is 0 Å². The van der Waals surface area contributed by atoms with E-state index in [1.54, 1.807) is 11.3 Å². The van der Waals surface area contributed by atoms with E-state index in [-0.39, 0.29) is 0 Å². The number of hydrogen-bond donors (Lipinski definition) is 1. The minimum Gasteiger partial charge on any atom is -0.320 e. The van der Waals surface area contributed by atoms with Crippen molar-refractivity contribution in [3.05, 3.63) is 21.9 Å². The molecular formula is C11H16N2S. The average molecular weight is 208 g/mol. The predicted octanol–water partition coefficient (Wildman–Crippen LogP) is 1.51. The van der Waals surface area contributed by atoms with Crippen LogP contribution < -0.4 is 5.73 Å². The second-order valence-electron chi connectivity index (χ2n) is 3.09. The third-order valence-electron chi connectivity index (χ3n) is 2.02. The van der Waals surface area contributed by atoms with Crippen molar-refractivity contribution < 1.29 is 0 Å². The fourth-order valence-corrected chi connectivity index (χ4v) is 1.99. The van der Waals surface area contributed by atoms with Crippen molar-refractivity contribution in [3.8, 4) is 11.8 Å². The zero-order chi connectivity index (χ0) is 10.4. The van der Waals surface area contributed by atoms with E-state index in [0.29, 0.717) is 6.54 Å². The summed E-state index contributed by atoms with van der Waals surface area (Å²) in [4.78, 5) is 3.59. The first kappa shape index (κ1) is 11.3. The molecule has 0 unspecified atom stereocenters. The molecule has 2 N–H and O–H groups in total. The van der Waals surface area contributed by atoms with Crippen LogP contribution in [0.15, 0.2) is 11.4 Å². The second-order valence-corrected chi connectivity index (χ2v) is 4.09. The molecule has 0 aliphatic rings. The Labute approximate surface area is 89.7 Å². The van der Waals surface area contributed by atoms with Crippen LogP contribution >= 0.6 is 11.3 Å². The van der Waals surface area contributed by atoms with Crippen LogP contribution in [-0.2, 0) is 6.54 Å². The molecule has 14 heavy (non-hydrogen) atoms. The van der Waals surface area contributed by atoms with E-state index in [9.17, 15) is 0 Å². The van der Waals surface area contributed by atoms with E-state index in [0.717, 1.165) is 18.7 Å². The van der Waals surface area contributed by atoms with Gasteiger partial charge in [0.05, 0.1) is 6.54 Å². The number of hydrogen-bond acceptors (Lipinski definition) is 3. The van der Waals surface area contributed by atoms with Crippen LogP contribution in [0.4, 0.5) is 0 Å². The van der Waals surface area contributed by atoms with E-state index in [2.05, 4.69) is 42.2 Å². The maximum atomic E-state index is 5.34. The molecule has 1 aromatic heterocycles. The molecule has 0 saturated heterocycles. The summed E-state index contributed by atoms with van der Waals surface area (Å²) in [6.45, 7) is 4.61. The molecule has 0 atom stereocenters. The first-order valence-corrected chi connectivity index (χ1v) is 5.59. The number of nitrogens with zero attached hydrogens (tertiary/aromatic N) is 1. The van der Waals surface area contributed by atoms with Gasteiger partial charge in [0.25, 0.3) is 0 Å². The van der Waals surface area contributed by atoms with Gasteiger partial charge in [0.15, 0.2) is 0 Å². The molecule has 1 heterocycles. The quantitative estimate of drug-likeness (QED) is 0.763. The SMILES string of the molecule is CCN(C)Cc1sccc1C#CCN. The summed E-state index contributed by atoms with van der Waals surface area (Å²) >= 11 is 1.76. The summed E-state index contributed by atoms with van der Waals surface area (Å²) < 4.78 is 0. The molecule has 0 aliphatic carbocycles. The topological polar surface area (TPSA) is 29.3 Å². The van der Waals surface area contributed by atoms with Gasteiger partial charge in [-0.05, 0) is 25.0 Å². The normalized spacial score (nSPS) is 10.0. The fraction of sp³-hybridized carbons (Fsp3) is 0.455. The van der Waals surface area contributed by atoms with Crippen LogP contribution in [0.3, 0.4) is 0 Å². The molecule has 0 aliphatic heterocycles. The monoisotopic (exact) mass is 208 g/mol. The zero-order valence-corrected chi connectivity index (χ0v) is 9.53. The van der Waals surface area contributed by atoms with Gasteiger partial charge in [-0.1, -0.05) is 18.8 Å². The highest BCUT2D eigenvalue weighted by Gasteiger charge is 2.03. The molecule has 0 aromatic carbocycles. The first-order chi connectivity index (χ1) is 6.77. The maximum Gasteiger partial charge on any atom is 0.0555 e. The van der Waals surface area contributed by atoms with E-state index in [1.807, 2.05) is 0 Å². The molecule has 0 fully saturated rings. The molecular weight excluding hydrogens is 192 g/mol. The Morgan fingerprint density at radius 3 is 3.00 bits per heavy atom. The van der Waals surface area contributed by atoms with E-state index >= 15 is 0 Å². The lowest BCUT2D eigenvalue weighted by Gasteiger charge is -2.12. The molecule has 0 radical (unpaired) electrons. The van der Waals surface area contributed by atoms with Gasteiger partial charge < -0.3 is 10.6 Å². The second kappa shape index (κ2) is 5.82. The predicted molar refractivity (Wildman–Crippen MR) is 62.3 cm³/mol. The third-order valence-corrected chi connectivity index (χ3v) is 2.93. The average Bonchev–Trinajstić information content (AvgIpc) is 2.62. The lowest BCUT2D eigenvalue weighted by molar-refractivity contribution is 0.348. The summed E-state index contributed by atoms with van der Waals surface area (Å²) in [5, 5.41) is 2.08. The van der Waals surface area contributed by atoms with Crippen LogP contribution in [0.5, 0.6) is 0 Å². The number of rotatable bonds is 3. The van der Waals surface area contributed by atoms with Crippen LogP contribution in [0.1, 0.15) is 17.4 Å². The number of thiophene rings is 1. The summed E-state index contributed by atoms with van der Waals surface area (Å²) in [5.74, 6) is 5.98. The highest BCUT2D eigenvalue weighted by Crippen LogP contribution is 2.17. The van der Waals surface area contributed by atoms with E-state index in [1.165, 1.54) is 4.88 Å². The minimum atomic E-state index is 0.429. The molecule has 0 amide bonds. The molecule has 0 saturated carbocycles. The van der Waals surface area contributed by atoms with Crippen molar-refractivity contribution in [1.29, 1.82) is 0 Å². The van der Waals surface area contributed by atoms with Crippen molar-refractivity contribution >= 4 is 11.3 Å². The molecule has 2 nitrogen and oxygen atoms in total. The lowest BCUT2D eigenvalue weighted by Crippen LogP contribution is -2.16. The first-order valence-electron chi connectivity index (χ1n) is 4.71. The Morgan fingerprint density at radius 2 is 2.36 bits per heavy atom. The van der Waals surface area contributed by atoms with Crippen molar-refractivity contribution in [2.75, 3.05) is 20.1 Å². The van der Waals surface area contributed by atoms with E-state index < -0.39 is 0 Å². The Bertz CT molecular complexity index is 333. The Morgan fingerprint density at radius 1 is 1.57 bits per heavy atom. The zero-order valence-electron chi connectivity index (χ0n) is 8.71. The lowest BCUT2D eigenvalue weighted by atomic mass is 10.2. The van der Waals surface area contributed by atoms with Crippen molar-refractivity contribution in [1.82, 2.24) is 4.90 Å². The Hall–Kier alpha value is -0.820. The summed E-state index contributed by atoms with van der Waals surface area (Å²) in [6.07, 6.45) is 0. The van der Waals surface area contributed by atoms with Crippen LogP contribution in [0.2, 0.25) is 0 Å². The van der Waals surface area contributed by atoms with Gasteiger partial charge >= 0.3 is 0 Å². The van der Waals surface area contributed by atoms with Gasteiger partial charge in [0.1, 0.15) is 0 Å². The number of nitrogens with two attached hydrogens (primary N) is 1. The van der Waals surface area contributed by atoms with Crippen molar-refractivity contribution in [2.45, 2.75) is 13.5 Å². The maximum absolute atomic E-state index is 5.34. The molecule has 1 aromatic rings. The van der Waals surface area contributed by atoms with Crippen molar-refractivity contribution in [3.63, 3.8) is 0 Å². The summed E-state index contributed by atoms with van der Waals surface area (Å²) in [7, 11) is 2.11. The van der Waals surface area contributed by atoms with Crippen LogP contribution in [-0.4, -0.2) is 25.0 Å². The third kappa shape index (κ3) is 3.15. The van der Waals surface area contributed by atoms with Gasteiger partial charge in [0, 0.05) is 17.0 Å². The van der Waals surface area contributed by atoms with E-state index in [4.69, 9.17) is 5.73 Å². The van der Waals surface area contributed by atoms with Crippen LogP contribution in [0, 0.1) is 11.8 Å². The Kier molecular flexibility index (Phi) is 4.68. The standard InChI is InChI=1S/C11H16N2S/c1-3-13(2)9-11-10(5-4-7-12)6-8-14-11/h6,8H,3,7,9,12H2,1-2H3. The summed E-state index contributed by atoms with van der Waals surface area (Å²) in [5.41, 5.74) is 6.47. The van der Waals surface area contributed by atoms with Crippen molar-refractivity contribution in [2.24, 2.45) is 5.73 Å². The molecule has 0 spiro atoms. The largest absolute Gasteiger partial charge is 0.320 e. The van der Waals surface area contributed by atoms with Gasteiger partial charge in [-0.2, -0.15) is 0 Å². The molecule has 1 rings (SSSR count). The highest BCUT2D eigenvalue weighted by molar-refractivity contribution is 7.10. The molecule has 76 valence electrons. The van der Waals surface area contributed by atoms with Crippen LogP contribution in [0.25, 0.3) is 0 Å². The molecule has 0 bridgehead atoms. The van der Waals surface area contributed by atoms with Gasteiger partial charge in [-0.15, -0.1) is 11.3 Å². The van der Waals surface area contributed by atoms with Gasteiger partial charge in [-0.25, -0.2) is 0 Å². The minimum absolute atomic E-state index is 0.429.